The van der Waals surface area contributed by atoms with Crippen molar-refractivity contribution in [2.24, 2.45) is 10.2 Å². The van der Waals surface area contributed by atoms with Crippen LogP contribution in [0.15, 0.2) is 28.7 Å². The van der Waals surface area contributed by atoms with Crippen LogP contribution >= 0.6 is 11.6 Å². The second-order valence-corrected chi connectivity index (χ2v) is 7.54. The second kappa shape index (κ2) is 8.10. The summed E-state index contributed by atoms with van der Waals surface area (Å²) in [6.07, 6.45) is 4.09. The van der Waals surface area contributed by atoms with Gasteiger partial charge in [0, 0.05) is 12.1 Å². The van der Waals surface area contributed by atoms with Gasteiger partial charge in [-0.1, -0.05) is 31.4 Å². The number of rotatable bonds is 9. The highest BCUT2D eigenvalue weighted by Gasteiger charge is 2.34. The van der Waals surface area contributed by atoms with Gasteiger partial charge in [-0.3, -0.25) is 0 Å². The van der Waals surface area contributed by atoms with Crippen molar-refractivity contribution in [1.82, 2.24) is 19.6 Å². The number of nitrogens with one attached hydrogen (secondary N) is 1. The molecular weight excluding hydrogens is 416 g/mol. The number of fused-ring (bicyclic) bond motifs is 1. The molecule has 0 saturated carbocycles. The van der Waals surface area contributed by atoms with E-state index >= 15 is 8.78 Å². The van der Waals surface area contributed by atoms with Crippen LogP contribution in [0, 0.1) is 11.6 Å². The Balaban J connectivity index is 1.73. The van der Waals surface area contributed by atoms with Crippen LogP contribution < -0.4 is 10.1 Å². The number of hydrogen-bond donors (Lipinski definition) is 1. The van der Waals surface area contributed by atoms with Gasteiger partial charge in [0.25, 0.3) is 5.78 Å². The van der Waals surface area contributed by atoms with E-state index in [4.69, 9.17) is 16.3 Å². The second-order valence-electron chi connectivity index (χ2n) is 7.19. The first-order valence-corrected chi connectivity index (χ1v) is 9.99. The van der Waals surface area contributed by atoms with Gasteiger partial charge in [0.1, 0.15) is 34.7 Å². The maximum Gasteiger partial charge on any atom is 0.255 e. The van der Waals surface area contributed by atoms with Crippen molar-refractivity contribution in [3.8, 4) is 16.9 Å². The average Bonchev–Trinajstić information content (AvgIpc) is 3.25. The molecule has 0 atom stereocenters. The summed E-state index contributed by atoms with van der Waals surface area (Å²) >= 11 is 6.32. The van der Waals surface area contributed by atoms with E-state index in [2.05, 4.69) is 37.5 Å². The molecule has 0 aliphatic carbocycles. The Labute approximate surface area is 176 Å². The maximum atomic E-state index is 15.0. The van der Waals surface area contributed by atoms with E-state index in [1.54, 1.807) is 0 Å². The van der Waals surface area contributed by atoms with E-state index < -0.39 is 17.3 Å². The van der Waals surface area contributed by atoms with Crippen molar-refractivity contribution in [1.29, 1.82) is 0 Å². The number of ether oxygens (including phenoxy) is 1. The minimum atomic E-state index is -0.821. The summed E-state index contributed by atoms with van der Waals surface area (Å²) in [5, 5.41) is 14.9. The van der Waals surface area contributed by atoms with Crippen LogP contribution in [-0.4, -0.2) is 38.4 Å². The first-order valence-electron chi connectivity index (χ1n) is 9.61. The molecule has 3 heterocycles. The molecule has 1 aliphatic heterocycles. The SMILES string of the molecule is CCCCCOc1cc(F)c(-c2c(Cl)nc3ncnn3c2NCC2(C)N=N2)c(F)c1. The molecular formula is C19H20ClF2N7O. The van der Waals surface area contributed by atoms with E-state index in [0.29, 0.717) is 6.61 Å². The smallest absolute Gasteiger partial charge is 0.255 e. The highest BCUT2D eigenvalue weighted by molar-refractivity contribution is 6.33. The normalized spacial score (nSPS) is 14.3. The van der Waals surface area contributed by atoms with Gasteiger partial charge in [-0.05, 0) is 13.3 Å². The van der Waals surface area contributed by atoms with Crippen molar-refractivity contribution in [3.63, 3.8) is 0 Å². The van der Waals surface area contributed by atoms with E-state index in [1.807, 2.05) is 6.92 Å². The van der Waals surface area contributed by atoms with E-state index in [9.17, 15) is 0 Å². The third kappa shape index (κ3) is 4.04. The van der Waals surface area contributed by atoms with E-state index in [1.165, 1.54) is 10.8 Å². The summed E-state index contributed by atoms with van der Waals surface area (Å²) in [7, 11) is 0. The van der Waals surface area contributed by atoms with E-state index in [0.717, 1.165) is 31.4 Å². The fourth-order valence-electron chi connectivity index (χ4n) is 3.02. The summed E-state index contributed by atoms with van der Waals surface area (Å²) in [4.78, 5) is 8.12. The zero-order valence-electron chi connectivity index (χ0n) is 16.5. The fourth-order valence-corrected chi connectivity index (χ4v) is 3.28. The highest BCUT2D eigenvalue weighted by Crippen LogP contribution is 2.39. The van der Waals surface area contributed by atoms with Gasteiger partial charge >= 0.3 is 0 Å². The zero-order chi connectivity index (χ0) is 21.3. The Kier molecular flexibility index (Phi) is 5.50. The summed E-state index contributed by atoms with van der Waals surface area (Å²) in [6.45, 7) is 4.55. The standard InChI is InChI=1S/C19H20ClF2N7O/c1-3-4-5-6-30-11-7-12(21)14(13(22)8-11)15-16(20)26-18-24-10-25-29(18)17(15)23-9-19(2)27-28-19/h7-8,10,23H,3-6,9H2,1-2H3. The van der Waals surface area contributed by atoms with Gasteiger partial charge in [-0.25, -0.2) is 8.78 Å². The lowest BCUT2D eigenvalue weighted by molar-refractivity contribution is 0.303. The molecule has 0 amide bonds. The largest absolute Gasteiger partial charge is 0.493 e. The summed E-state index contributed by atoms with van der Waals surface area (Å²) in [6, 6.07) is 2.28. The lowest BCUT2D eigenvalue weighted by Gasteiger charge is -2.17. The van der Waals surface area contributed by atoms with Gasteiger partial charge in [0.05, 0.1) is 24.3 Å². The Bertz CT molecular complexity index is 1090. The summed E-state index contributed by atoms with van der Waals surface area (Å²) in [5.41, 5.74) is -0.901. The van der Waals surface area contributed by atoms with Crippen LogP contribution in [-0.2, 0) is 0 Å². The maximum absolute atomic E-state index is 15.0. The summed E-state index contributed by atoms with van der Waals surface area (Å²) in [5.74, 6) is -1.08. The molecule has 1 aliphatic rings. The van der Waals surface area contributed by atoms with Gasteiger partial charge < -0.3 is 10.1 Å². The highest BCUT2D eigenvalue weighted by atomic mass is 35.5. The topological polar surface area (TPSA) is 89.1 Å². The Morgan fingerprint density at radius 2 is 1.90 bits per heavy atom. The molecule has 0 saturated heterocycles. The van der Waals surface area contributed by atoms with Gasteiger partial charge in [0.2, 0.25) is 5.66 Å². The molecule has 1 N–H and O–H groups in total. The third-order valence-electron chi connectivity index (χ3n) is 4.70. The Morgan fingerprint density at radius 3 is 2.57 bits per heavy atom. The number of nitrogens with zero attached hydrogens (tertiary/aromatic N) is 6. The minimum absolute atomic E-state index is 0.0337. The molecule has 1 aromatic carbocycles. The van der Waals surface area contributed by atoms with Crippen molar-refractivity contribution < 1.29 is 13.5 Å². The van der Waals surface area contributed by atoms with E-state index in [-0.39, 0.29) is 40.2 Å². The molecule has 0 bridgehead atoms. The van der Waals surface area contributed by atoms with Crippen LogP contribution in [0.25, 0.3) is 16.9 Å². The molecule has 0 radical (unpaired) electrons. The Hall–Kier alpha value is -2.88. The van der Waals surface area contributed by atoms with Crippen molar-refractivity contribution in [3.05, 3.63) is 35.2 Å². The minimum Gasteiger partial charge on any atom is -0.493 e. The lowest BCUT2D eigenvalue weighted by Crippen LogP contribution is -2.21. The first-order chi connectivity index (χ1) is 14.4. The van der Waals surface area contributed by atoms with Crippen molar-refractivity contribution in [2.45, 2.75) is 38.8 Å². The average molecular weight is 436 g/mol. The number of unbranched alkanes of at least 4 members (excludes halogenated alkanes) is 2. The van der Waals surface area contributed by atoms with Crippen LogP contribution in [0.1, 0.15) is 33.1 Å². The van der Waals surface area contributed by atoms with Gasteiger partial charge in [-0.2, -0.15) is 29.8 Å². The lowest BCUT2D eigenvalue weighted by atomic mass is 10.1. The molecule has 8 nitrogen and oxygen atoms in total. The molecule has 4 rings (SSSR count). The first kappa shape index (κ1) is 20.4. The predicted octanol–water partition coefficient (Wildman–Crippen LogP) is 4.89. The molecule has 0 spiro atoms. The monoisotopic (exact) mass is 435 g/mol. The number of aromatic nitrogens is 4. The molecule has 0 fully saturated rings. The summed E-state index contributed by atoms with van der Waals surface area (Å²) < 4.78 is 36.9. The number of halogens is 3. The number of anilines is 1. The molecule has 0 unspecified atom stereocenters. The fraction of sp³-hybridized carbons (Fsp3) is 0.421. The molecule has 158 valence electrons. The number of hydrogen-bond acceptors (Lipinski definition) is 7. The van der Waals surface area contributed by atoms with Crippen LogP contribution in [0.3, 0.4) is 0 Å². The zero-order valence-corrected chi connectivity index (χ0v) is 17.2. The Morgan fingerprint density at radius 1 is 1.17 bits per heavy atom. The molecule has 3 aromatic rings. The van der Waals surface area contributed by atoms with Crippen molar-refractivity contribution >= 4 is 23.2 Å². The van der Waals surface area contributed by atoms with Crippen LogP contribution in [0.5, 0.6) is 5.75 Å². The third-order valence-corrected chi connectivity index (χ3v) is 4.97. The molecule has 2 aromatic heterocycles. The van der Waals surface area contributed by atoms with Crippen molar-refractivity contribution in [2.75, 3.05) is 18.5 Å². The predicted molar refractivity (Wildman–Crippen MR) is 108 cm³/mol. The molecule has 30 heavy (non-hydrogen) atoms. The van der Waals surface area contributed by atoms with Gasteiger partial charge in [-0.15, -0.1) is 0 Å². The van der Waals surface area contributed by atoms with Crippen LogP contribution in [0.2, 0.25) is 5.15 Å². The van der Waals surface area contributed by atoms with Crippen LogP contribution in [0.4, 0.5) is 14.6 Å². The number of benzene rings is 1. The quantitative estimate of drug-likeness (QED) is 0.382. The van der Waals surface area contributed by atoms with Gasteiger partial charge in [0.15, 0.2) is 0 Å². The molecule has 11 heteroatoms.